The monoisotopic (exact) mass is 377 g/mol. The molecule has 142 valence electrons. The van der Waals surface area contributed by atoms with Gasteiger partial charge in [-0.1, -0.05) is 17.3 Å². The van der Waals surface area contributed by atoms with Crippen molar-refractivity contribution in [2.75, 3.05) is 13.2 Å². The number of benzene rings is 2. The zero-order valence-electron chi connectivity index (χ0n) is 15.4. The van der Waals surface area contributed by atoms with Gasteiger partial charge < -0.3 is 9.26 Å². The van der Waals surface area contributed by atoms with Crippen LogP contribution in [0, 0.1) is 6.92 Å². The topological polar surface area (TPSA) is 85.5 Å². The van der Waals surface area contributed by atoms with E-state index in [1.165, 1.54) is 4.90 Å². The number of carbonyl (C=O) groups excluding carboxylic acids is 2. The summed E-state index contributed by atoms with van der Waals surface area (Å²) in [7, 11) is 0. The molecule has 3 aromatic rings. The van der Waals surface area contributed by atoms with E-state index in [9.17, 15) is 9.59 Å². The third-order valence-electron chi connectivity index (χ3n) is 4.56. The molecule has 28 heavy (non-hydrogen) atoms. The van der Waals surface area contributed by atoms with E-state index in [-0.39, 0.29) is 11.8 Å². The molecule has 0 atom stereocenters. The number of fused-ring (bicyclic) bond motifs is 1. The fourth-order valence-electron chi connectivity index (χ4n) is 3.12. The highest BCUT2D eigenvalue weighted by atomic mass is 16.5. The number of rotatable bonds is 7. The van der Waals surface area contributed by atoms with Gasteiger partial charge in [0.25, 0.3) is 11.8 Å². The highest BCUT2D eigenvalue weighted by molar-refractivity contribution is 6.21. The molecule has 7 nitrogen and oxygen atoms in total. The molecule has 0 saturated carbocycles. The van der Waals surface area contributed by atoms with E-state index in [0.717, 1.165) is 17.7 Å². The van der Waals surface area contributed by atoms with Gasteiger partial charge in [0.2, 0.25) is 11.7 Å². The van der Waals surface area contributed by atoms with Crippen molar-refractivity contribution >= 4 is 11.8 Å². The van der Waals surface area contributed by atoms with Gasteiger partial charge in [0.1, 0.15) is 5.75 Å². The molecule has 4 rings (SSSR count). The third-order valence-corrected chi connectivity index (χ3v) is 4.56. The molecule has 1 aliphatic heterocycles. The predicted molar refractivity (Wildman–Crippen MR) is 101 cm³/mol. The second kappa shape index (κ2) is 7.64. The van der Waals surface area contributed by atoms with Crippen molar-refractivity contribution in [1.82, 2.24) is 15.0 Å². The Kier molecular flexibility index (Phi) is 4.89. The van der Waals surface area contributed by atoms with Gasteiger partial charge in [-0.3, -0.25) is 14.5 Å². The SMILES string of the molecule is Cc1nc(-c2ccc(OCCCCN3C(=O)c4ccccc4C3=O)cc2)no1. The number of ether oxygens (including phenoxy) is 1. The Morgan fingerprint density at radius 2 is 1.64 bits per heavy atom. The quantitative estimate of drug-likeness (QED) is 0.463. The maximum absolute atomic E-state index is 12.3. The van der Waals surface area contributed by atoms with Crippen LogP contribution in [0.1, 0.15) is 39.4 Å². The number of nitrogens with zero attached hydrogens (tertiary/aromatic N) is 3. The summed E-state index contributed by atoms with van der Waals surface area (Å²) >= 11 is 0. The van der Waals surface area contributed by atoms with Gasteiger partial charge in [0.05, 0.1) is 17.7 Å². The summed E-state index contributed by atoms with van der Waals surface area (Å²) in [5, 5.41) is 3.88. The lowest BCUT2D eigenvalue weighted by Crippen LogP contribution is -2.30. The molecule has 7 heteroatoms. The maximum Gasteiger partial charge on any atom is 0.261 e. The Labute approximate surface area is 161 Å². The van der Waals surface area contributed by atoms with E-state index in [1.54, 1.807) is 31.2 Å². The molecule has 1 aromatic heterocycles. The molecule has 0 saturated heterocycles. The number of imide groups is 1. The van der Waals surface area contributed by atoms with E-state index < -0.39 is 0 Å². The molecule has 2 aromatic carbocycles. The average molecular weight is 377 g/mol. The summed E-state index contributed by atoms with van der Waals surface area (Å²) in [6.07, 6.45) is 1.42. The molecule has 0 unspecified atom stereocenters. The van der Waals surface area contributed by atoms with Crippen LogP contribution in [0.3, 0.4) is 0 Å². The number of hydrogen-bond donors (Lipinski definition) is 0. The highest BCUT2D eigenvalue weighted by Gasteiger charge is 2.34. The summed E-state index contributed by atoms with van der Waals surface area (Å²) in [6, 6.07) is 14.4. The van der Waals surface area contributed by atoms with Crippen LogP contribution in [0.5, 0.6) is 5.75 Å². The summed E-state index contributed by atoms with van der Waals surface area (Å²) in [6.45, 7) is 2.64. The van der Waals surface area contributed by atoms with E-state index >= 15 is 0 Å². The van der Waals surface area contributed by atoms with Gasteiger partial charge in [-0.05, 0) is 49.2 Å². The fraction of sp³-hybridized carbons (Fsp3) is 0.238. The largest absolute Gasteiger partial charge is 0.494 e. The first-order chi connectivity index (χ1) is 13.6. The van der Waals surface area contributed by atoms with Gasteiger partial charge in [0, 0.05) is 19.0 Å². The summed E-state index contributed by atoms with van der Waals surface area (Å²) in [4.78, 5) is 30.1. The molecule has 0 spiro atoms. The first-order valence-corrected chi connectivity index (χ1v) is 9.12. The first kappa shape index (κ1) is 17.9. The zero-order chi connectivity index (χ0) is 19.5. The van der Waals surface area contributed by atoms with Crippen LogP contribution in [0.15, 0.2) is 53.1 Å². The smallest absolute Gasteiger partial charge is 0.261 e. The number of carbonyl (C=O) groups is 2. The van der Waals surface area contributed by atoms with Crippen molar-refractivity contribution in [3.63, 3.8) is 0 Å². The number of aromatic nitrogens is 2. The molecule has 1 aliphatic rings. The number of hydrogen-bond acceptors (Lipinski definition) is 6. The minimum atomic E-state index is -0.214. The normalized spacial score (nSPS) is 13.1. The average Bonchev–Trinajstić information content (AvgIpc) is 3.25. The number of aryl methyl sites for hydroxylation is 1. The maximum atomic E-state index is 12.3. The van der Waals surface area contributed by atoms with Gasteiger partial charge in [-0.2, -0.15) is 4.98 Å². The van der Waals surface area contributed by atoms with Crippen LogP contribution >= 0.6 is 0 Å². The van der Waals surface area contributed by atoms with Crippen molar-refractivity contribution in [1.29, 1.82) is 0 Å². The third kappa shape index (κ3) is 3.51. The van der Waals surface area contributed by atoms with Crippen molar-refractivity contribution < 1.29 is 18.8 Å². The number of unbranched alkanes of at least 4 members (excludes halogenated alkanes) is 1. The van der Waals surface area contributed by atoms with E-state index in [4.69, 9.17) is 9.26 Å². The lowest BCUT2D eigenvalue weighted by atomic mass is 10.1. The summed E-state index contributed by atoms with van der Waals surface area (Å²) in [5.41, 5.74) is 1.83. The van der Waals surface area contributed by atoms with Crippen molar-refractivity contribution in [3.8, 4) is 17.1 Å². The Hall–Kier alpha value is -3.48. The molecule has 0 bridgehead atoms. The van der Waals surface area contributed by atoms with Crippen LogP contribution in [0.4, 0.5) is 0 Å². The summed E-state index contributed by atoms with van der Waals surface area (Å²) in [5.74, 6) is 1.38. The van der Waals surface area contributed by atoms with Crippen LogP contribution in [0.2, 0.25) is 0 Å². The molecule has 0 radical (unpaired) electrons. The van der Waals surface area contributed by atoms with Crippen LogP contribution in [0.25, 0.3) is 11.4 Å². The van der Waals surface area contributed by atoms with Crippen molar-refractivity contribution in [2.45, 2.75) is 19.8 Å². The molecule has 0 fully saturated rings. The second-order valence-electron chi connectivity index (χ2n) is 6.52. The highest BCUT2D eigenvalue weighted by Crippen LogP contribution is 2.23. The van der Waals surface area contributed by atoms with Gasteiger partial charge in [-0.25, -0.2) is 0 Å². The lowest BCUT2D eigenvalue weighted by molar-refractivity contribution is 0.0649. The molecule has 0 N–H and O–H groups in total. The Morgan fingerprint density at radius 3 is 2.25 bits per heavy atom. The second-order valence-corrected chi connectivity index (χ2v) is 6.52. The van der Waals surface area contributed by atoms with Crippen LogP contribution < -0.4 is 4.74 Å². The molecule has 2 heterocycles. The lowest BCUT2D eigenvalue weighted by Gasteiger charge is -2.13. The molecule has 0 aliphatic carbocycles. The summed E-state index contributed by atoms with van der Waals surface area (Å²) < 4.78 is 10.7. The van der Waals surface area contributed by atoms with Crippen molar-refractivity contribution in [2.24, 2.45) is 0 Å². The van der Waals surface area contributed by atoms with Crippen LogP contribution in [-0.4, -0.2) is 40.0 Å². The Balaban J connectivity index is 1.23. The fourth-order valence-corrected chi connectivity index (χ4v) is 3.12. The van der Waals surface area contributed by atoms with Gasteiger partial charge in [-0.15, -0.1) is 0 Å². The zero-order valence-corrected chi connectivity index (χ0v) is 15.4. The predicted octanol–water partition coefficient (Wildman–Crippen LogP) is 3.50. The Bertz CT molecular complexity index is 975. The van der Waals surface area contributed by atoms with Crippen molar-refractivity contribution in [3.05, 3.63) is 65.5 Å². The van der Waals surface area contributed by atoms with E-state index in [0.29, 0.717) is 42.4 Å². The first-order valence-electron chi connectivity index (χ1n) is 9.12. The molecular weight excluding hydrogens is 358 g/mol. The van der Waals surface area contributed by atoms with Crippen LogP contribution in [-0.2, 0) is 0 Å². The standard InChI is InChI=1S/C21H19N3O4/c1-14-22-19(23-28-14)15-8-10-16(11-9-15)27-13-5-4-12-24-20(25)17-6-2-3-7-18(17)21(24)26/h2-3,6-11H,4-5,12-13H2,1H3. The minimum Gasteiger partial charge on any atom is -0.494 e. The number of amides is 2. The van der Waals surface area contributed by atoms with Gasteiger partial charge in [0.15, 0.2) is 0 Å². The Morgan fingerprint density at radius 1 is 0.964 bits per heavy atom. The van der Waals surface area contributed by atoms with E-state index in [2.05, 4.69) is 10.1 Å². The van der Waals surface area contributed by atoms with E-state index in [1.807, 2.05) is 24.3 Å². The molecule has 2 amide bonds. The minimum absolute atomic E-state index is 0.214. The van der Waals surface area contributed by atoms with Gasteiger partial charge >= 0.3 is 0 Å². The molecular formula is C21H19N3O4.